The molecule has 0 aliphatic heterocycles. The third-order valence-corrected chi connectivity index (χ3v) is 4.13. The summed E-state index contributed by atoms with van der Waals surface area (Å²) in [6.07, 6.45) is 0. The molecule has 0 fully saturated rings. The molecule has 1 rings (SSSR count). The van der Waals surface area contributed by atoms with Crippen molar-refractivity contribution in [1.82, 2.24) is 4.73 Å². The van der Waals surface area contributed by atoms with E-state index in [4.69, 9.17) is 14.3 Å². The first kappa shape index (κ1) is 24.3. The van der Waals surface area contributed by atoms with Crippen molar-refractivity contribution in [3.05, 3.63) is 12.1 Å². The van der Waals surface area contributed by atoms with Gasteiger partial charge >= 0.3 is 17.9 Å². The highest BCUT2D eigenvalue weighted by Gasteiger charge is 2.42. The van der Waals surface area contributed by atoms with E-state index in [1.54, 1.807) is 27.7 Å². The lowest BCUT2D eigenvalue weighted by Gasteiger charge is -2.28. The van der Waals surface area contributed by atoms with Gasteiger partial charge in [-0.25, -0.2) is 4.79 Å². The number of carbonyl (C=O) groups excluding carboxylic acids is 3. The van der Waals surface area contributed by atoms with E-state index < -0.39 is 56.9 Å². The SMILES string of the molecule is CC(C)(Br)C(=O)OCC(C)(COC(=O)C(C)(C)Br)C(=O)On1c(O)ccc1O. The van der Waals surface area contributed by atoms with Crippen LogP contribution in [0.1, 0.15) is 34.6 Å². The van der Waals surface area contributed by atoms with Gasteiger partial charge in [-0.1, -0.05) is 31.9 Å². The number of rotatable bonds is 8. The zero-order chi connectivity index (χ0) is 21.9. The van der Waals surface area contributed by atoms with Crippen molar-refractivity contribution < 1.29 is 38.9 Å². The normalized spacial score (nSPS) is 12.4. The average molecular weight is 529 g/mol. The van der Waals surface area contributed by atoms with E-state index in [2.05, 4.69) is 31.9 Å². The number of ether oxygens (including phenoxy) is 2. The topological polar surface area (TPSA) is 124 Å². The maximum Gasteiger partial charge on any atom is 0.345 e. The first-order valence-electron chi connectivity index (χ1n) is 8.12. The second kappa shape index (κ2) is 8.73. The highest BCUT2D eigenvalue weighted by Crippen LogP contribution is 2.27. The van der Waals surface area contributed by atoms with Crippen molar-refractivity contribution in [3.63, 3.8) is 0 Å². The van der Waals surface area contributed by atoms with Gasteiger partial charge in [-0.05, 0) is 34.6 Å². The van der Waals surface area contributed by atoms with Crippen molar-refractivity contribution in [1.29, 1.82) is 0 Å². The van der Waals surface area contributed by atoms with Gasteiger partial charge in [-0.2, -0.15) is 0 Å². The molecular weight excluding hydrogens is 506 g/mol. The molecule has 0 aromatic carbocycles. The number of esters is 2. The summed E-state index contributed by atoms with van der Waals surface area (Å²) in [4.78, 5) is 41.7. The molecule has 2 N–H and O–H groups in total. The number of aromatic hydroxyl groups is 2. The molecule has 0 atom stereocenters. The summed E-state index contributed by atoms with van der Waals surface area (Å²) >= 11 is 6.30. The van der Waals surface area contributed by atoms with Crippen LogP contribution in [0.15, 0.2) is 12.1 Å². The number of hydrogen-bond donors (Lipinski definition) is 2. The van der Waals surface area contributed by atoms with Crippen LogP contribution in [0.25, 0.3) is 0 Å². The molecule has 0 aliphatic rings. The molecule has 158 valence electrons. The van der Waals surface area contributed by atoms with E-state index in [1.165, 1.54) is 6.92 Å². The van der Waals surface area contributed by atoms with Crippen LogP contribution in [0.5, 0.6) is 11.8 Å². The van der Waals surface area contributed by atoms with Crippen LogP contribution in [0.2, 0.25) is 0 Å². The molecule has 28 heavy (non-hydrogen) atoms. The maximum absolute atomic E-state index is 12.7. The highest BCUT2D eigenvalue weighted by molar-refractivity contribution is 9.10. The molecule has 0 saturated carbocycles. The predicted octanol–water partition coefficient (Wildman–Crippen LogP) is 2.29. The molecule has 0 aliphatic carbocycles. The molecule has 9 nitrogen and oxygen atoms in total. The molecule has 0 spiro atoms. The molecule has 1 heterocycles. The lowest BCUT2D eigenvalue weighted by atomic mass is 9.93. The quantitative estimate of drug-likeness (QED) is 0.389. The molecule has 11 heteroatoms. The van der Waals surface area contributed by atoms with Gasteiger partial charge in [0.2, 0.25) is 11.8 Å². The van der Waals surface area contributed by atoms with Crippen molar-refractivity contribution in [2.75, 3.05) is 13.2 Å². The lowest BCUT2D eigenvalue weighted by molar-refractivity contribution is -0.172. The Hall–Kier alpha value is -1.75. The van der Waals surface area contributed by atoms with Crippen LogP contribution in [-0.2, 0) is 23.9 Å². The highest BCUT2D eigenvalue weighted by atomic mass is 79.9. The van der Waals surface area contributed by atoms with E-state index in [0.29, 0.717) is 4.73 Å². The standard InChI is InChI=1S/C17H23Br2NO8/c1-15(2,18)12(23)26-8-17(5,9-27-13(24)16(3,4)19)14(25)28-20-10(21)6-7-11(20)22/h6-7,21-22H,8-9H2,1-5H3. The van der Waals surface area contributed by atoms with Gasteiger partial charge in [0, 0.05) is 12.1 Å². The monoisotopic (exact) mass is 527 g/mol. The number of carbonyl (C=O) groups is 3. The summed E-state index contributed by atoms with van der Waals surface area (Å²) in [5.74, 6) is -3.35. The van der Waals surface area contributed by atoms with Crippen LogP contribution in [0.4, 0.5) is 0 Å². The number of alkyl halides is 2. The molecule has 0 saturated heterocycles. The summed E-state index contributed by atoms with van der Waals surface area (Å²) in [7, 11) is 0. The van der Waals surface area contributed by atoms with E-state index in [-0.39, 0.29) is 0 Å². The Morgan fingerprint density at radius 3 is 1.54 bits per heavy atom. The van der Waals surface area contributed by atoms with E-state index in [9.17, 15) is 24.6 Å². The second-order valence-corrected chi connectivity index (χ2v) is 11.3. The first-order chi connectivity index (χ1) is 12.6. The smallest absolute Gasteiger partial charge is 0.345 e. The molecule has 0 radical (unpaired) electrons. The Morgan fingerprint density at radius 1 is 0.857 bits per heavy atom. The summed E-state index contributed by atoms with van der Waals surface area (Å²) < 4.78 is 8.83. The summed E-state index contributed by atoms with van der Waals surface area (Å²) in [5.41, 5.74) is -1.62. The van der Waals surface area contributed by atoms with E-state index in [1.807, 2.05) is 0 Å². The fraction of sp³-hybridized carbons (Fsp3) is 0.588. The van der Waals surface area contributed by atoms with Crippen molar-refractivity contribution in [3.8, 4) is 11.8 Å². The van der Waals surface area contributed by atoms with Crippen molar-refractivity contribution >= 4 is 49.8 Å². The molecule has 0 unspecified atom stereocenters. The Labute approximate surface area is 179 Å². The van der Waals surface area contributed by atoms with Crippen molar-refractivity contribution in [2.24, 2.45) is 5.41 Å². The fourth-order valence-corrected chi connectivity index (χ4v) is 1.87. The summed E-state index contributed by atoms with van der Waals surface area (Å²) in [5, 5.41) is 19.3. The minimum atomic E-state index is -1.62. The summed E-state index contributed by atoms with van der Waals surface area (Å²) in [6, 6.07) is 2.22. The average Bonchev–Trinajstić information content (AvgIpc) is 2.87. The first-order valence-corrected chi connectivity index (χ1v) is 9.71. The Bertz CT molecular complexity index is 696. The largest absolute Gasteiger partial charge is 0.492 e. The minimum absolute atomic E-state index is 0.474. The molecule has 1 aromatic rings. The van der Waals surface area contributed by atoms with Crippen LogP contribution in [-0.4, -0.2) is 54.7 Å². The lowest BCUT2D eigenvalue weighted by Crippen LogP contribution is -2.45. The fourth-order valence-electron chi connectivity index (χ4n) is 1.64. The summed E-state index contributed by atoms with van der Waals surface area (Å²) in [6.45, 7) is 6.66. The zero-order valence-corrected chi connectivity index (χ0v) is 19.3. The third-order valence-electron chi connectivity index (χ3n) is 3.48. The number of halogens is 2. The van der Waals surface area contributed by atoms with Crippen LogP contribution >= 0.6 is 31.9 Å². The Balaban J connectivity index is 3.03. The van der Waals surface area contributed by atoms with Crippen LogP contribution < -0.4 is 4.84 Å². The second-order valence-electron chi connectivity index (χ2n) is 7.38. The van der Waals surface area contributed by atoms with Gasteiger partial charge in [-0.15, -0.1) is 4.73 Å². The van der Waals surface area contributed by atoms with Crippen molar-refractivity contribution in [2.45, 2.75) is 43.3 Å². The van der Waals surface area contributed by atoms with Gasteiger partial charge in [-0.3, -0.25) is 9.59 Å². The van der Waals surface area contributed by atoms with Gasteiger partial charge in [0.05, 0.1) is 0 Å². The van der Waals surface area contributed by atoms with Crippen LogP contribution in [0.3, 0.4) is 0 Å². The van der Waals surface area contributed by atoms with Gasteiger partial charge in [0.15, 0.2) is 0 Å². The van der Waals surface area contributed by atoms with Gasteiger partial charge in [0.25, 0.3) is 0 Å². The number of hydrogen-bond acceptors (Lipinski definition) is 8. The van der Waals surface area contributed by atoms with Crippen LogP contribution in [0, 0.1) is 5.41 Å². The van der Waals surface area contributed by atoms with Gasteiger partial charge in [0.1, 0.15) is 27.3 Å². The van der Waals surface area contributed by atoms with E-state index in [0.717, 1.165) is 12.1 Å². The maximum atomic E-state index is 12.7. The molecule has 0 bridgehead atoms. The minimum Gasteiger partial charge on any atom is -0.492 e. The molecule has 0 amide bonds. The number of aromatic nitrogens is 1. The Kier molecular flexibility index (Phi) is 7.57. The number of nitrogens with zero attached hydrogens (tertiary/aromatic N) is 1. The molecular formula is C17H23Br2NO8. The van der Waals surface area contributed by atoms with Gasteiger partial charge < -0.3 is 24.5 Å². The van der Waals surface area contributed by atoms with E-state index >= 15 is 0 Å². The molecule has 1 aromatic heterocycles. The zero-order valence-electron chi connectivity index (χ0n) is 16.1. The Morgan fingerprint density at radius 2 is 1.21 bits per heavy atom. The third kappa shape index (κ3) is 6.40. The predicted molar refractivity (Wildman–Crippen MR) is 105 cm³/mol.